The highest BCUT2D eigenvalue weighted by molar-refractivity contribution is 7.10. The molecule has 2 aromatic heterocycles. The molecule has 3 amide bonds. The Morgan fingerprint density at radius 2 is 2.18 bits per heavy atom. The zero-order chi connectivity index (χ0) is 20.1. The molecule has 1 fully saturated rings. The number of fused-ring (bicyclic) bond motifs is 2. The Morgan fingerprint density at radius 1 is 1.39 bits per heavy atom. The molecule has 0 saturated carbocycles. The molecule has 0 radical (unpaired) electrons. The second-order valence-electron chi connectivity index (χ2n) is 7.45. The van der Waals surface area contributed by atoms with Gasteiger partial charge in [0, 0.05) is 33.9 Å². The smallest absolute Gasteiger partial charge is 0.325 e. The van der Waals surface area contributed by atoms with Crippen LogP contribution in [0.25, 0.3) is 0 Å². The number of nitrogens with zero attached hydrogens (tertiary/aromatic N) is 2. The quantitative estimate of drug-likeness (QED) is 0.478. The van der Waals surface area contributed by atoms with Gasteiger partial charge in [-0.15, -0.1) is 17.9 Å². The third-order valence-corrected chi connectivity index (χ3v) is 6.80. The van der Waals surface area contributed by atoms with Gasteiger partial charge in [0.2, 0.25) is 0 Å². The summed E-state index contributed by atoms with van der Waals surface area (Å²) in [5.41, 5.74) is 2.19. The van der Waals surface area contributed by atoms with Crippen LogP contribution in [0, 0.1) is 13.8 Å². The normalized spacial score (nSPS) is 21.1. The van der Waals surface area contributed by atoms with Crippen molar-refractivity contribution in [1.29, 1.82) is 0 Å². The average molecular weight is 398 g/mol. The number of aromatic nitrogens is 1. The van der Waals surface area contributed by atoms with E-state index >= 15 is 0 Å². The monoisotopic (exact) mass is 397 g/mol. The van der Waals surface area contributed by atoms with Crippen LogP contribution in [0.1, 0.15) is 45.0 Å². The van der Waals surface area contributed by atoms with E-state index in [0.29, 0.717) is 18.5 Å². The Bertz CT molecular complexity index is 1000. The first-order valence-corrected chi connectivity index (χ1v) is 10.3. The minimum absolute atomic E-state index is 0.231. The summed E-state index contributed by atoms with van der Waals surface area (Å²) in [5.74, 6) is -0.546. The molecule has 0 aromatic carbocycles. The van der Waals surface area contributed by atoms with Gasteiger partial charge in [0.1, 0.15) is 5.54 Å². The molecular weight excluding hydrogens is 374 g/mol. The van der Waals surface area contributed by atoms with Crippen LogP contribution in [0.4, 0.5) is 4.79 Å². The van der Waals surface area contributed by atoms with Gasteiger partial charge in [0.15, 0.2) is 5.78 Å². The zero-order valence-electron chi connectivity index (χ0n) is 16.1. The number of rotatable bonds is 5. The van der Waals surface area contributed by atoms with E-state index in [2.05, 4.69) is 11.9 Å². The van der Waals surface area contributed by atoms with Crippen LogP contribution in [0.15, 0.2) is 30.2 Å². The van der Waals surface area contributed by atoms with Crippen LogP contribution in [0.2, 0.25) is 0 Å². The van der Waals surface area contributed by atoms with E-state index < -0.39 is 11.6 Å². The van der Waals surface area contributed by atoms with Gasteiger partial charge in [-0.3, -0.25) is 14.5 Å². The van der Waals surface area contributed by atoms with E-state index in [1.807, 2.05) is 35.9 Å². The first kappa shape index (κ1) is 18.7. The van der Waals surface area contributed by atoms with E-state index in [1.165, 1.54) is 0 Å². The fraction of sp³-hybridized carbons (Fsp3) is 0.381. The molecule has 146 valence electrons. The summed E-state index contributed by atoms with van der Waals surface area (Å²) in [5, 5.41) is 4.85. The lowest BCUT2D eigenvalue weighted by atomic mass is 9.80. The van der Waals surface area contributed by atoms with Crippen molar-refractivity contribution in [2.75, 3.05) is 6.54 Å². The molecular formula is C21H23N3O3S. The molecule has 28 heavy (non-hydrogen) atoms. The van der Waals surface area contributed by atoms with Crippen molar-refractivity contribution >= 4 is 29.1 Å². The number of amides is 3. The minimum atomic E-state index is -1.01. The van der Waals surface area contributed by atoms with E-state index in [9.17, 15) is 14.4 Å². The van der Waals surface area contributed by atoms with Crippen molar-refractivity contribution in [1.82, 2.24) is 14.8 Å². The highest BCUT2D eigenvalue weighted by Crippen LogP contribution is 2.42. The summed E-state index contributed by atoms with van der Waals surface area (Å²) in [7, 11) is 0. The number of allylic oxidation sites excluding steroid dienone is 1. The van der Waals surface area contributed by atoms with Gasteiger partial charge in [-0.2, -0.15) is 0 Å². The van der Waals surface area contributed by atoms with E-state index in [0.717, 1.165) is 39.6 Å². The average Bonchev–Trinajstić information content (AvgIpc) is 3.31. The summed E-state index contributed by atoms with van der Waals surface area (Å²) in [6.07, 6.45) is 4.10. The highest BCUT2D eigenvalue weighted by Gasteiger charge is 2.54. The first-order valence-electron chi connectivity index (χ1n) is 9.41. The van der Waals surface area contributed by atoms with Crippen molar-refractivity contribution in [3.63, 3.8) is 0 Å². The topological polar surface area (TPSA) is 71.4 Å². The summed E-state index contributed by atoms with van der Waals surface area (Å²) in [6, 6.07) is 3.25. The Morgan fingerprint density at radius 3 is 2.93 bits per heavy atom. The van der Waals surface area contributed by atoms with Crippen LogP contribution in [0.5, 0.6) is 0 Å². The van der Waals surface area contributed by atoms with Gasteiger partial charge >= 0.3 is 6.03 Å². The molecule has 1 spiro atoms. The molecule has 1 N–H and O–H groups in total. The third-order valence-electron chi connectivity index (χ3n) is 5.82. The Kier molecular flexibility index (Phi) is 4.50. The summed E-state index contributed by atoms with van der Waals surface area (Å²) < 4.78 is 1.99. The van der Waals surface area contributed by atoms with Crippen LogP contribution in [0.3, 0.4) is 0 Å². The van der Waals surface area contributed by atoms with Crippen molar-refractivity contribution in [3.8, 4) is 0 Å². The second-order valence-corrected chi connectivity index (χ2v) is 8.45. The van der Waals surface area contributed by atoms with Crippen molar-refractivity contribution in [3.05, 3.63) is 57.6 Å². The van der Waals surface area contributed by atoms with Gasteiger partial charge in [-0.1, -0.05) is 6.08 Å². The number of thiophene rings is 1. The Balaban J connectivity index is 1.61. The molecule has 3 heterocycles. The van der Waals surface area contributed by atoms with Gasteiger partial charge in [0.25, 0.3) is 5.91 Å². The van der Waals surface area contributed by atoms with Crippen molar-refractivity contribution < 1.29 is 14.4 Å². The number of nitrogens with one attached hydrogen (secondary N) is 1. The number of carbonyl (C=O) groups is 3. The molecule has 4 rings (SSSR count). The fourth-order valence-corrected chi connectivity index (χ4v) is 5.41. The summed E-state index contributed by atoms with van der Waals surface area (Å²) in [6.45, 7) is 7.91. The predicted octanol–water partition coefficient (Wildman–Crippen LogP) is 3.32. The predicted molar refractivity (Wildman–Crippen MR) is 108 cm³/mol. The fourth-order valence-electron chi connectivity index (χ4n) is 4.41. The highest BCUT2D eigenvalue weighted by atomic mass is 32.1. The number of imide groups is 1. The maximum absolute atomic E-state index is 13.3. The van der Waals surface area contributed by atoms with Crippen LogP contribution >= 0.6 is 11.3 Å². The molecule has 1 saturated heterocycles. The van der Waals surface area contributed by atoms with E-state index in [4.69, 9.17) is 0 Å². The SMILES string of the molecule is C=CCn1c(C)cc(C(=O)CN2C(=O)NC3(CCCc4sccc43)C2=O)c1C. The van der Waals surface area contributed by atoms with Crippen LogP contribution in [-0.4, -0.2) is 33.7 Å². The van der Waals surface area contributed by atoms with Gasteiger partial charge < -0.3 is 9.88 Å². The Labute approximate surface area is 167 Å². The molecule has 2 aromatic rings. The van der Waals surface area contributed by atoms with Crippen molar-refractivity contribution in [2.24, 2.45) is 0 Å². The summed E-state index contributed by atoms with van der Waals surface area (Å²) in [4.78, 5) is 41.1. The first-order chi connectivity index (χ1) is 13.4. The second kappa shape index (κ2) is 6.74. The number of urea groups is 1. The van der Waals surface area contributed by atoms with E-state index in [1.54, 1.807) is 17.4 Å². The standard InChI is InChI=1S/C21H23N3O3S/c1-4-9-23-13(2)11-15(14(23)3)17(25)12-24-19(26)21(22-20(24)27)8-5-6-18-16(21)7-10-28-18/h4,7,10-11H,1,5-6,8-9,12H2,2-3H3,(H,22,27). The Hall–Kier alpha value is -2.67. The number of carbonyl (C=O) groups excluding carboxylic acids is 3. The minimum Gasteiger partial charge on any atom is -0.345 e. The molecule has 7 heteroatoms. The lowest BCUT2D eigenvalue weighted by molar-refractivity contribution is -0.131. The number of hydrogen-bond acceptors (Lipinski definition) is 4. The molecule has 1 unspecified atom stereocenters. The molecule has 0 bridgehead atoms. The summed E-state index contributed by atoms with van der Waals surface area (Å²) >= 11 is 1.61. The van der Waals surface area contributed by atoms with Crippen molar-refractivity contribution in [2.45, 2.75) is 45.2 Å². The van der Waals surface area contributed by atoms with Gasteiger partial charge in [0.05, 0.1) is 6.54 Å². The maximum Gasteiger partial charge on any atom is 0.325 e. The zero-order valence-corrected chi connectivity index (χ0v) is 16.9. The molecule has 1 aliphatic heterocycles. The molecule has 2 aliphatic rings. The molecule has 1 atom stereocenters. The maximum atomic E-state index is 13.3. The number of aryl methyl sites for hydroxylation is 2. The largest absolute Gasteiger partial charge is 0.345 e. The van der Waals surface area contributed by atoms with Gasteiger partial charge in [-0.05, 0) is 50.6 Å². The van der Waals surface area contributed by atoms with Crippen LogP contribution < -0.4 is 5.32 Å². The third kappa shape index (κ3) is 2.64. The number of Topliss-reactive ketones (excluding diaryl/α,β-unsaturated/α-hetero) is 1. The lowest BCUT2D eigenvalue weighted by Gasteiger charge is -2.31. The number of hydrogen-bond donors (Lipinski definition) is 1. The van der Waals surface area contributed by atoms with E-state index in [-0.39, 0.29) is 18.2 Å². The number of ketones is 1. The molecule has 6 nitrogen and oxygen atoms in total. The molecule has 1 aliphatic carbocycles. The van der Waals surface area contributed by atoms with Crippen LogP contribution in [-0.2, 0) is 23.3 Å². The van der Waals surface area contributed by atoms with Gasteiger partial charge in [-0.25, -0.2) is 4.79 Å². The lowest BCUT2D eigenvalue weighted by Crippen LogP contribution is -2.46.